The summed E-state index contributed by atoms with van der Waals surface area (Å²) >= 11 is 0. The van der Waals surface area contributed by atoms with Gasteiger partial charge in [0.1, 0.15) is 5.75 Å². The molecule has 0 unspecified atom stereocenters. The fraction of sp³-hybridized carbons (Fsp3) is 0.600. The Labute approximate surface area is 150 Å². The molecule has 1 aliphatic rings. The van der Waals surface area contributed by atoms with Crippen LogP contribution in [-0.4, -0.2) is 43.5 Å². The third-order valence-corrected chi connectivity index (χ3v) is 4.32. The van der Waals surface area contributed by atoms with E-state index in [1.807, 2.05) is 29.2 Å². The van der Waals surface area contributed by atoms with Crippen molar-refractivity contribution in [3.05, 3.63) is 24.3 Å². The van der Waals surface area contributed by atoms with Crippen LogP contribution in [0.3, 0.4) is 0 Å². The van der Waals surface area contributed by atoms with Crippen molar-refractivity contribution in [3.8, 4) is 5.75 Å². The number of carbonyl (C=O) groups is 2. The quantitative estimate of drug-likeness (QED) is 0.762. The average Bonchev–Trinajstić information content (AvgIpc) is 2.94. The maximum Gasteiger partial charge on any atom is 0.228 e. The lowest BCUT2D eigenvalue weighted by Crippen LogP contribution is -2.41. The van der Waals surface area contributed by atoms with Crippen LogP contribution in [0.2, 0.25) is 0 Å². The van der Waals surface area contributed by atoms with E-state index in [0.29, 0.717) is 24.1 Å². The summed E-state index contributed by atoms with van der Waals surface area (Å²) in [4.78, 5) is 29.1. The zero-order valence-electron chi connectivity index (χ0n) is 16.0. The molecule has 0 N–H and O–H groups in total. The van der Waals surface area contributed by atoms with Crippen molar-refractivity contribution in [3.63, 3.8) is 0 Å². The molecular formula is C20H30N2O3. The van der Waals surface area contributed by atoms with E-state index >= 15 is 0 Å². The second-order valence-electron chi connectivity index (χ2n) is 7.64. The standard InChI is InChI=1S/C20H30N2O3/c1-14(2)11-21(12-15(3)4)20(24)16-9-19(23)22(13-16)17-7-6-8-18(10-17)25-5/h6-8,10,14-16H,9,11-13H2,1-5H3/t16-/m0/s1. The molecular weight excluding hydrogens is 316 g/mol. The Morgan fingerprint density at radius 1 is 1.24 bits per heavy atom. The van der Waals surface area contributed by atoms with Crippen LogP contribution in [0.5, 0.6) is 5.75 Å². The Bertz CT molecular complexity index is 603. The summed E-state index contributed by atoms with van der Waals surface area (Å²) in [6, 6.07) is 7.43. The van der Waals surface area contributed by atoms with E-state index in [1.165, 1.54) is 0 Å². The Hall–Kier alpha value is -2.04. The van der Waals surface area contributed by atoms with E-state index in [1.54, 1.807) is 12.0 Å². The van der Waals surface area contributed by atoms with Crippen molar-refractivity contribution in [2.24, 2.45) is 17.8 Å². The minimum atomic E-state index is -0.267. The predicted molar refractivity (Wildman–Crippen MR) is 99.7 cm³/mol. The molecule has 5 nitrogen and oxygen atoms in total. The fourth-order valence-corrected chi connectivity index (χ4v) is 3.30. The van der Waals surface area contributed by atoms with Crippen molar-refractivity contribution in [1.82, 2.24) is 4.90 Å². The molecule has 2 amide bonds. The van der Waals surface area contributed by atoms with Crippen LogP contribution in [0.15, 0.2) is 24.3 Å². The van der Waals surface area contributed by atoms with E-state index in [4.69, 9.17) is 4.74 Å². The Kier molecular flexibility index (Phi) is 6.45. The highest BCUT2D eigenvalue weighted by Gasteiger charge is 2.37. The maximum atomic E-state index is 13.0. The molecule has 0 aromatic heterocycles. The minimum Gasteiger partial charge on any atom is -0.497 e. The van der Waals surface area contributed by atoms with Gasteiger partial charge in [0.2, 0.25) is 11.8 Å². The molecule has 1 aliphatic heterocycles. The van der Waals surface area contributed by atoms with Crippen molar-refractivity contribution in [2.45, 2.75) is 34.1 Å². The van der Waals surface area contributed by atoms with Gasteiger partial charge in [0.15, 0.2) is 0 Å². The first-order chi connectivity index (χ1) is 11.8. The predicted octanol–water partition coefficient (Wildman–Crippen LogP) is 3.19. The maximum absolute atomic E-state index is 13.0. The Morgan fingerprint density at radius 2 is 1.88 bits per heavy atom. The van der Waals surface area contributed by atoms with Crippen molar-refractivity contribution in [2.75, 3.05) is 31.6 Å². The van der Waals surface area contributed by atoms with Gasteiger partial charge in [-0.25, -0.2) is 0 Å². The largest absolute Gasteiger partial charge is 0.497 e. The molecule has 0 radical (unpaired) electrons. The topological polar surface area (TPSA) is 49.9 Å². The number of methoxy groups -OCH3 is 1. The van der Waals surface area contributed by atoms with Crippen LogP contribution in [0.4, 0.5) is 5.69 Å². The van der Waals surface area contributed by atoms with E-state index < -0.39 is 0 Å². The van der Waals surface area contributed by atoms with Gasteiger partial charge in [-0.3, -0.25) is 9.59 Å². The van der Waals surface area contributed by atoms with E-state index in [9.17, 15) is 9.59 Å². The molecule has 0 saturated carbocycles. The highest BCUT2D eigenvalue weighted by atomic mass is 16.5. The van der Waals surface area contributed by atoms with Gasteiger partial charge in [0, 0.05) is 37.8 Å². The second kappa shape index (κ2) is 8.37. The zero-order valence-corrected chi connectivity index (χ0v) is 16.0. The van der Waals surface area contributed by atoms with Gasteiger partial charge in [-0.1, -0.05) is 33.8 Å². The number of benzene rings is 1. The first-order valence-electron chi connectivity index (χ1n) is 9.05. The fourth-order valence-electron chi connectivity index (χ4n) is 3.30. The van der Waals surface area contributed by atoms with Crippen LogP contribution in [-0.2, 0) is 9.59 Å². The first kappa shape index (κ1) is 19.3. The van der Waals surface area contributed by atoms with E-state index in [2.05, 4.69) is 27.7 Å². The molecule has 2 rings (SSSR count). The molecule has 0 bridgehead atoms. The molecule has 1 aromatic rings. The zero-order chi connectivity index (χ0) is 18.6. The van der Waals surface area contributed by atoms with E-state index in [-0.39, 0.29) is 24.2 Å². The van der Waals surface area contributed by atoms with E-state index in [0.717, 1.165) is 18.8 Å². The number of anilines is 1. The van der Waals surface area contributed by atoms with Crippen LogP contribution in [0.25, 0.3) is 0 Å². The number of hydrogen-bond acceptors (Lipinski definition) is 3. The van der Waals surface area contributed by atoms with Gasteiger partial charge in [-0.2, -0.15) is 0 Å². The van der Waals surface area contributed by atoms with Crippen molar-refractivity contribution >= 4 is 17.5 Å². The van der Waals surface area contributed by atoms with Crippen LogP contribution >= 0.6 is 0 Å². The molecule has 0 spiro atoms. The lowest BCUT2D eigenvalue weighted by molar-refractivity contribution is -0.136. The van der Waals surface area contributed by atoms with Gasteiger partial charge in [0.25, 0.3) is 0 Å². The second-order valence-corrected chi connectivity index (χ2v) is 7.64. The molecule has 1 saturated heterocycles. The highest BCUT2D eigenvalue weighted by molar-refractivity contribution is 6.00. The summed E-state index contributed by atoms with van der Waals surface area (Å²) in [6.07, 6.45) is 0.280. The van der Waals surface area contributed by atoms with Gasteiger partial charge in [-0.05, 0) is 24.0 Å². The summed E-state index contributed by atoms with van der Waals surface area (Å²) in [5.74, 6) is 1.36. The SMILES string of the molecule is COc1cccc(N2C[C@@H](C(=O)N(CC(C)C)CC(C)C)CC2=O)c1. The molecule has 0 aliphatic carbocycles. The minimum absolute atomic E-state index is 0.000599. The molecule has 1 fully saturated rings. The number of rotatable bonds is 7. The molecule has 5 heteroatoms. The summed E-state index contributed by atoms with van der Waals surface area (Å²) in [7, 11) is 1.60. The van der Waals surface area contributed by atoms with Crippen LogP contribution < -0.4 is 9.64 Å². The lowest BCUT2D eigenvalue weighted by Gasteiger charge is -2.28. The number of ether oxygens (including phenoxy) is 1. The Morgan fingerprint density at radius 3 is 2.44 bits per heavy atom. The Balaban J connectivity index is 2.12. The monoisotopic (exact) mass is 346 g/mol. The average molecular weight is 346 g/mol. The molecule has 1 atom stereocenters. The number of carbonyl (C=O) groups excluding carboxylic acids is 2. The van der Waals surface area contributed by atoms with Gasteiger partial charge < -0.3 is 14.5 Å². The highest BCUT2D eigenvalue weighted by Crippen LogP contribution is 2.29. The summed E-state index contributed by atoms with van der Waals surface area (Å²) in [6.45, 7) is 10.4. The molecule has 25 heavy (non-hydrogen) atoms. The van der Waals surface area contributed by atoms with Gasteiger partial charge >= 0.3 is 0 Å². The number of nitrogens with zero attached hydrogens (tertiary/aromatic N) is 2. The third-order valence-electron chi connectivity index (χ3n) is 4.32. The molecule has 1 heterocycles. The normalized spacial score (nSPS) is 17.5. The van der Waals surface area contributed by atoms with Crippen molar-refractivity contribution in [1.29, 1.82) is 0 Å². The van der Waals surface area contributed by atoms with Gasteiger partial charge in [-0.15, -0.1) is 0 Å². The van der Waals surface area contributed by atoms with Crippen molar-refractivity contribution < 1.29 is 14.3 Å². The lowest BCUT2D eigenvalue weighted by atomic mass is 10.0. The molecule has 1 aromatic carbocycles. The molecule has 138 valence electrons. The van der Waals surface area contributed by atoms with Crippen LogP contribution in [0.1, 0.15) is 34.1 Å². The van der Waals surface area contributed by atoms with Crippen LogP contribution in [0, 0.1) is 17.8 Å². The number of hydrogen-bond donors (Lipinski definition) is 0. The number of amides is 2. The summed E-state index contributed by atoms with van der Waals surface area (Å²) < 4.78 is 5.24. The third kappa shape index (κ3) is 4.97. The summed E-state index contributed by atoms with van der Waals surface area (Å²) in [5, 5.41) is 0. The first-order valence-corrected chi connectivity index (χ1v) is 9.05. The smallest absolute Gasteiger partial charge is 0.228 e. The van der Waals surface area contributed by atoms with Gasteiger partial charge in [0.05, 0.1) is 13.0 Å². The summed E-state index contributed by atoms with van der Waals surface area (Å²) in [5.41, 5.74) is 0.791.